The van der Waals surface area contributed by atoms with Crippen molar-refractivity contribution in [1.29, 1.82) is 0 Å². The number of aliphatic hydroxyl groups excluding tert-OH is 1. The summed E-state index contributed by atoms with van der Waals surface area (Å²) in [6.45, 7) is 3.76. The lowest BCUT2D eigenvalue weighted by molar-refractivity contribution is 0.101. The molecular weight excluding hydrogens is 276 g/mol. The number of carbonyl (C=O) groups is 1. The van der Waals surface area contributed by atoms with E-state index >= 15 is 0 Å². The molecule has 0 aliphatic rings. The van der Waals surface area contributed by atoms with Gasteiger partial charge in [-0.05, 0) is 36.6 Å². The average Bonchev–Trinajstić information content (AvgIpc) is 2.55. The Labute approximate surface area is 131 Å². The maximum Gasteiger partial charge on any atom is 0.159 e. The lowest BCUT2D eigenvalue weighted by Gasteiger charge is -2.30. The molecule has 0 aromatic heterocycles. The van der Waals surface area contributed by atoms with Gasteiger partial charge >= 0.3 is 0 Å². The number of ether oxygens (including phenoxy) is 1. The van der Waals surface area contributed by atoms with Gasteiger partial charge in [0.2, 0.25) is 0 Å². The minimum Gasteiger partial charge on any atom is -0.497 e. The summed E-state index contributed by atoms with van der Waals surface area (Å²) in [4.78, 5) is 11.4. The van der Waals surface area contributed by atoms with Gasteiger partial charge in [0.25, 0.3) is 0 Å². The summed E-state index contributed by atoms with van der Waals surface area (Å²) < 4.78 is 5.20. The largest absolute Gasteiger partial charge is 0.497 e. The Hall–Kier alpha value is -2.13. The number of methoxy groups -OCH3 is 1. The van der Waals surface area contributed by atoms with Crippen LogP contribution in [0.1, 0.15) is 41.8 Å². The van der Waals surface area contributed by atoms with Crippen molar-refractivity contribution in [2.45, 2.75) is 25.7 Å². The number of Topliss-reactive ketones (excluding diaryl/α,β-unsaturated/α-hetero) is 1. The van der Waals surface area contributed by atoms with Crippen LogP contribution in [0.15, 0.2) is 48.5 Å². The standard InChI is InChI=1S/C19H22O3/c1-14(21)15-4-6-16(7-5-15)19(2,12-13-20)17-8-10-18(22-3)11-9-17/h4-11,20H,12-13H2,1-3H3. The first-order valence-corrected chi connectivity index (χ1v) is 7.38. The summed E-state index contributed by atoms with van der Waals surface area (Å²) in [7, 11) is 1.64. The van der Waals surface area contributed by atoms with E-state index in [1.165, 1.54) is 0 Å². The molecule has 0 spiro atoms. The van der Waals surface area contributed by atoms with Crippen molar-refractivity contribution in [3.8, 4) is 5.75 Å². The number of aliphatic hydroxyl groups is 1. The Morgan fingerprint density at radius 2 is 1.55 bits per heavy atom. The molecule has 0 fully saturated rings. The van der Waals surface area contributed by atoms with E-state index in [9.17, 15) is 9.90 Å². The fourth-order valence-electron chi connectivity index (χ4n) is 2.71. The highest BCUT2D eigenvalue weighted by molar-refractivity contribution is 5.94. The Morgan fingerprint density at radius 1 is 1.05 bits per heavy atom. The monoisotopic (exact) mass is 298 g/mol. The number of hydrogen-bond acceptors (Lipinski definition) is 3. The first-order valence-electron chi connectivity index (χ1n) is 7.38. The van der Waals surface area contributed by atoms with E-state index in [4.69, 9.17) is 4.74 Å². The van der Waals surface area contributed by atoms with Gasteiger partial charge in [-0.25, -0.2) is 0 Å². The van der Waals surface area contributed by atoms with E-state index in [0.29, 0.717) is 12.0 Å². The predicted molar refractivity (Wildman–Crippen MR) is 87.6 cm³/mol. The van der Waals surface area contributed by atoms with Gasteiger partial charge in [-0.3, -0.25) is 4.79 Å². The summed E-state index contributed by atoms with van der Waals surface area (Å²) in [6.07, 6.45) is 0.610. The van der Waals surface area contributed by atoms with Gasteiger partial charge in [-0.1, -0.05) is 43.3 Å². The second kappa shape index (κ2) is 6.75. The fourth-order valence-corrected chi connectivity index (χ4v) is 2.71. The van der Waals surface area contributed by atoms with Crippen LogP contribution < -0.4 is 4.74 Å². The molecule has 22 heavy (non-hydrogen) atoms. The van der Waals surface area contributed by atoms with Crippen molar-refractivity contribution in [2.75, 3.05) is 13.7 Å². The second-order valence-electron chi connectivity index (χ2n) is 5.67. The quantitative estimate of drug-likeness (QED) is 0.829. The molecule has 1 atom stereocenters. The lowest BCUT2D eigenvalue weighted by atomic mass is 9.74. The van der Waals surface area contributed by atoms with Crippen LogP contribution in [0.25, 0.3) is 0 Å². The smallest absolute Gasteiger partial charge is 0.159 e. The van der Waals surface area contributed by atoms with Crippen LogP contribution in [-0.2, 0) is 5.41 Å². The molecule has 3 heteroatoms. The molecule has 3 nitrogen and oxygen atoms in total. The number of ketones is 1. The molecule has 0 saturated heterocycles. The summed E-state index contributed by atoms with van der Waals surface area (Å²) >= 11 is 0. The molecule has 0 heterocycles. The third kappa shape index (κ3) is 3.20. The maximum atomic E-state index is 11.4. The van der Waals surface area contributed by atoms with Crippen LogP contribution in [-0.4, -0.2) is 24.6 Å². The summed E-state index contributed by atoms with van der Waals surface area (Å²) in [5, 5.41) is 9.49. The van der Waals surface area contributed by atoms with Gasteiger partial charge in [-0.15, -0.1) is 0 Å². The van der Waals surface area contributed by atoms with Crippen molar-refractivity contribution in [1.82, 2.24) is 0 Å². The van der Waals surface area contributed by atoms with Gasteiger partial charge in [0.1, 0.15) is 5.75 Å². The predicted octanol–water partition coefficient (Wildman–Crippen LogP) is 3.59. The molecule has 1 N–H and O–H groups in total. The highest BCUT2D eigenvalue weighted by Crippen LogP contribution is 2.36. The van der Waals surface area contributed by atoms with Crippen molar-refractivity contribution in [3.63, 3.8) is 0 Å². The SMILES string of the molecule is COc1ccc(C(C)(CCO)c2ccc(C(C)=O)cc2)cc1. The number of rotatable bonds is 6. The van der Waals surface area contributed by atoms with Crippen LogP contribution in [0, 0.1) is 0 Å². The second-order valence-corrected chi connectivity index (χ2v) is 5.67. The molecule has 116 valence electrons. The minimum absolute atomic E-state index is 0.0554. The van der Waals surface area contributed by atoms with E-state index in [1.54, 1.807) is 14.0 Å². The summed E-state index contributed by atoms with van der Waals surface area (Å²) in [5.41, 5.74) is 2.58. The summed E-state index contributed by atoms with van der Waals surface area (Å²) in [5.74, 6) is 0.863. The fraction of sp³-hybridized carbons (Fsp3) is 0.316. The first-order chi connectivity index (χ1) is 10.5. The van der Waals surface area contributed by atoms with Gasteiger partial charge in [-0.2, -0.15) is 0 Å². The molecule has 0 amide bonds. The van der Waals surface area contributed by atoms with Gasteiger partial charge in [0.15, 0.2) is 5.78 Å². The Kier molecular flexibility index (Phi) is 4.99. The van der Waals surface area contributed by atoms with Crippen LogP contribution in [0.3, 0.4) is 0 Å². The van der Waals surface area contributed by atoms with Crippen molar-refractivity contribution in [3.05, 3.63) is 65.2 Å². The number of benzene rings is 2. The molecular formula is C19H22O3. The molecule has 0 bridgehead atoms. The average molecular weight is 298 g/mol. The molecule has 0 radical (unpaired) electrons. The third-order valence-corrected chi connectivity index (χ3v) is 4.27. The van der Waals surface area contributed by atoms with Crippen molar-refractivity contribution in [2.24, 2.45) is 0 Å². The third-order valence-electron chi connectivity index (χ3n) is 4.27. The van der Waals surface area contributed by atoms with Crippen molar-refractivity contribution >= 4 is 5.78 Å². The highest BCUT2D eigenvalue weighted by atomic mass is 16.5. The van der Waals surface area contributed by atoms with E-state index < -0.39 is 0 Å². The zero-order chi connectivity index (χ0) is 16.2. The molecule has 2 aromatic carbocycles. The van der Waals surface area contributed by atoms with E-state index in [-0.39, 0.29) is 17.8 Å². The Bertz CT molecular complexity index is 629. The lowest BCUT2D eigenvalue weighted by Crippen LogP contribution is -2.25. The number of carbonyl (C=O) groups excluding carboxylic acids is 1. The molecule has 2 aromatic rings. The molecule has 0 saturated carbocycles. The van der Waals surface area contributed by atoms with Gasteiger partial charge in [0, 0.05) is 17.6 Å². The first kappa shape index (κ1) is 16.2. The van der Waals surface area contributed by atoms with Gasteiger partial charge < -0.3 is 9.84 Å². The van der Waals surface area contributed by atoms with Crippen molar-refractivity contribution < 1.29 is 14.6 Å². The topological polar surface area (TPSA) is 46.5 Å². The van der Waals surface area contributed by atoms with Crippen LogP contribution in [0.4, 0.5) is 0 Å². The molecule has 2 rings (SSSR count). The zero-order valence-electron chi connectivity index (χ0n) is 13.3. The van der Waals surface area contributed by atoms with Crippen LogP contribution in [0.5, 0.6) is 5.75 Å². The van der Waals surface area contributed by atoms with Gasteiger partial charge in [0.05, 0.1) is 7.11 Å². The van der Waals surface area contributed by atoms with E-state index in [2.05, 4.69) is 6.92 Å². The number of hydrogen-bond donors (Lipinski definition) is 1. The van der Waals surface area contributed by atoms with E-state index in [0.717, 1.165) is 16.9 Å². The van der Waals surface area contributed by atoms with Crippen LogP contribution >= 0.6 is 0 Å². The normalized spacial score (nSPS) is 13.5. The summed E-state index contributed by atoms with van der Waals surface area (Å²) in [6, 6.07) is 15.5. The molecule has 0 aliphatic carbocycles. The molecule has 1 unspecified atom stereocenters. The Morgan fingerprint density at radius 3 is 1.95 bits per heavy atom. The zero-order valence-corrected chi connectivity index (χ0v) is 13.3. The maximum absolute atomic E-state index is 11.4. The molecule has 0 aliphatic heterocycles. The Balaban J connectivity index is 2.43. The minimum atomic E-state index is -0.309. The van der Waals surface area contributed by atoms with Crippen LogP contribution in [0.2, 0.25) is 0 Å². The highest BCUT2D eigenvalue weighted by Gasteiger charge is 2.28. The van der Waals surface area contributed by atoms with E-state index in [1.807, 2.05) is 48.5 Å².